The van der Waals surface area contributed by atoms with Gasteiger partial charge in [0, 0.05) is 17.4 Å². The van der Waals surface area contributed by atoms with Gasteiger partial charge in [0.05, 0.1) is 12.6 Å². The molecule has 1 amide bonds. The average molecular weight is 405 g/mol. The minimum absolute atomic E-state index is 0.0573. The lowest BCUT2D eigenvalue weighted by Crippen LogP contribution is -2.59. The van der Waals surface area contributed by atoms with Crippen LogP contribution in [-0.2, 0) is 12.0 Å². The third-order valence-corrected chi connectivity index (χ3v) is 6.82. The topological polar surface area (TPSA) is 45.3 Å². The fourth-order valence-electron chi connectivity index (χ4n) is 5.63. The number of carbonyl (C=O) groups is 1. The molecule has 4 heteroatoms. The number of ether oxygens (including phenoxy) is 1. The molecule has 2 heterocycles. The van der Waals surface area contributed by atoms with E-state index in [4.69, 9.17) is 4.74 Å². The number of aromatic nitrogens is 1. The lowest BCUT2D eigenvalue weighted by Gasteiger charge is -2.53. The number of methoxy groups -OCH3 is 1. The summed E-state index contributed by atoms with van der Waals surface area (Å²) in [6.07, 6.45) is 0.882. The van der Waals surface area contributed by atoms with Gasteiger partial charge in [-0.2, -0.15) is 0 Å². The second-order valence-electron chi connectivity index (χ2n) is 9.11. The van der Waals surface area contributed by atoms with Crippen LogP contribution in [0.2, 0.25) is 0 Å². The van der Waals surface area contributed by atoms with Crippen molar-refractivity contribution in [3.05, 3.63) is 64.8 Å². The average Bonchev–Trinajstić information content (AvgIpc) is 3.16. The van der Waals surface area contributed by atoms with Crippen LogP contribution in [0.25, 0.3) is 10.9 Å². The molecule has 1 N–H and O–H groups in total. The monoisotopic (exact) mass is 404 g/mol. The normalized spacial score (nSPS) is 15.7. The molecule has 1 aromatic heterocycles. The van der Waals surface area contributed by atoms with Gasteiger partial charge in [0.25, 0.3) is 5.91 Å². The molecule has 0 atom stereocenters. The van der Waals surface area contributed by atoms with Crippen molar-refractivity contribution in [3.8, 4) is 5.75 Å². The Labute approximate surface area is 179 Å². The predicted octanol–water partition coefficient (Wildman–Crippen LogP) is 5.69. The van der Waals surface area contributed by atoms with Crippen LogP contribution in [0.5, 0.6) is 5.75 Å². The van der Waals surface area contributed by atoms with E-state index in [1.165, 1.54) is 16.7 Å². The molecule has 1 aliphatic rings. The van der Waals surface area contributed by atoms with E-state index in [-0.39, 0.29) is 23.3 Å². The van der Waals surface area contributed by atoms with E-state index in [2.05, 4.69) is 62.7 Å². The van der Waals surface area contributed by atoms with E-state index in [1.807, 2.05) is 24.3 Å². The first-order valence-electron chi connectivity index (χ1n) is 10.9. The number of benzene rings is 2. The molecule has 4 nitrogen and oxygen atoms in total. The van der Waals surface area contributed by atoms with Gasteiger partial charge in [-0.05, 0) is 54.5 Å². The summed E-state index contributed by atoms with van der Waals surface area (Å²) in [4.78, 5) is 19.4. The van der Waals surface area contributed by atoms with Gasteiger partial charge in [-0.1, -0.05) is 57.5 Å². The number of nitrogens with zero attached hydrogens (tertiary/aromatic N) is 1. The highest BCUT2D eigenvalue weighted by atomic mass is 16.5. The van der Waals surface area contributed by atoms with E-state index in [0.29, 0.717) is 5.69 Å². The van der Waals surface area contributed by atoms with Crippen LogP contribution >= 0.6 is 0 Å². The van der Waals surface area contributed by atoms with Crippen molar-refractivity contribution in [2.24, 2.45) is 11.8 Å². The van der Waals surface area contributed by atoms with Crippen molar-refractivity contribution < 1.29 is 9.53 Å². The Morgan fingerprint density at radius 2 is 1.83 bits per heavy atom. The number of H-pyrrole nitrogens is 1. The summed E-state index contributed by atoms with van der Waals surface area (Å²) in [5, 5.41) is 0.941. The fraction of sp³-hybridized carbons (Fsp3) is 0.423. The summed E-state index contributed by atoms with van der Waals surface area (Å²) >= 11 is 0. The first kappa shape index (κ1) is 20.5. The van der Waals surface area contributed by atoms with Crippen molar-refractivity contribution in [3.63, 3.8) is 0 Å². The fourth-order valence-corrected chi connectivity index (χ4v) is 5.63. The Bertz CT molecular complexity index is 1090. The molecule has 0 unspecified atom stereocenters. The molecule has 3 aromatic rings. The molecule has 0 radical (unpaired) electrons. The largest absolute Gasteiger partial charge is 0.496 e. The summed E-state index contributed by atoms with van der Waals surface area (Å²) in [6, 6.07) is 14.5. The van der Waals surface area contributed by atoms with Gasteiger partial charge in [0.2, 0.25) is 0 Å². The minimum Gasteiger partial charge on any atom is -0.496 e. The van der Waals surface area contributed by atoms with Gasteiger partial charge >= 0.3 is 0 Å². The number of carbonyl (C=O) groups excluding carboxylic acids is 1. The van der Waals surface area contributed by atoms with Crippen molar-refractivity contribution in [1.29, 1.82) is 0 Å². The Balaban J connectivity index is 1.86. The van der Waals surface area contributed by atoms with Crippen LogP contribution < -0.4 is 4.74 Å². The Kier molecular flexibility index (Phi) is 5.13. The number of amides is 1. The maximum Gasteiger partial charge on any atom is 0.271 e. The molecule has 2 aromatic carbocycles. The zero-order valence-electron chi connectivity index (χ0n) is 18.9. The van der Waals surface area contributed by atoms with Crippen molar-refractivity contribution in [1.82, 2.24) is 9.88 Å². The van der Waals surface area contributed by atoms with Gasteiger partial charge < -0.3 is 14.6 Å². The Morgan fingerprint density at radius 3 is 2.50 bits per heavy atom. The number of nitrogens with one attached hydrogen (secondary N) is 1. The van der Waals surface area contributed by atoms with Gasteiger partial charge in [-0.3, -0.25) is 4.79 Å². The number of aromatic amines is 1. The lowest BCUT2D eigenvalue weighted by atomic mass is 9.66. The number of fused-ring (bicyclic) bond motifs is 2. The standard InChI is InChI=1S/C26H32N2O2/c1-16(2)26(17(3)4)21-11-10-18(5)14-19(21)12-13-28(26)25(29)23-15-20-22(27-23)8-7-9-24(20)30-6/h7-11,14-17,27H,12-13H2,1-6H3. The second-order valence-corrected chi connectivity index (χ2v) is 9.11. The lowest BCUT2D eigenvalue weighted by molar-refractivity contribution is -0.00259. The van der Waals surface area contributed by atoms with Gasteiger partial charge in [0.15, 0.2) is 0 Å². The van der Waals surface area contributed by atoms with Gasteiger partial charge in [-0.25, -0.2) is 0 Å². The number of hydrogen-bond acceptors (Lipinski definition) is 2. The first-order valence-corrected chi connectivity index (χ1v) is 10.9. The predicted molar refractivity (Wildman–Crippen MR) is 122 cm³/mol. The highest BCUT2D eigenvalue weighted by Crippen LogP contribution is 2.47. The van der Waals surface area contributed by atoms with Crippen molar-refractivity contribution in [2.75, 3.05) is 13.7 Å². The van der Waals surface area contributed by atoms with Crippen LogP contribution in [0.1, 0.15) is 54.9 Å². The SMILES string of the molecule is COc1cccc2[nH]c(C(=O)N3CCc4cc(C)ccc4C3(C(C)C)C(C)C)cc12. The Hall–Kier alpha value is -2.75. The molecule has 0 saturated carbocycles. The van der Waals surface area contributed by atoms with E-state index in [1.54, 1.807) is 7.11 Å². The minimum atomic E-state index is -0.347. The molecule has 1 aliphatic heterocycles. The summed E-state index contributed by atoms with van der Waals surface area (Å²) in [7, 11) is 1.66. The van der Waals surface area contributed by atoms with Gasteiger partial charge in [-0.15, -0.1) is 0 Å². The molecule has 0 aliphatic carbocycles. The second kappa shape index (κ2) is 7.50. The molecule has 30 heavy (non-hydrogen) atoms. The highest BCUT2D eigenvalue weighted by molar-refractivity contribution is 6.00. The summed E-state index contributed by atoms with van der Waals surface area (Å²) in [6.45, 7) is 11.8. The summed E-state index contributed by atoms with van der Waals surface area (Å²) < 4.78 is 5.50. The number of hydrogen-bond donors (Lipinski definition) is 1. The maximum atomic E-state index is 13.9. The number of rotatable bonds is 4. The highest BCUT2D eigenvalue weighted by Gasteiger charge is 2.49. The van der Waals surface area contributed by atoms with E-state index < -0.39 is 0 Å². The molecule has 0 bridgehead atoms. The van der Waals surface area contributed by atoms with Crippen LogP contribution in [-0.4, -0.2) is 29.4 Å². The van der Waals surface area contributed by atoms with Crippen LogP contribution in [0.15, 0.2) is 42.5 Å². The van der Waals surface area contributed by atoms with E-state index >= 15 is 0 Å². The first-order chi connectivity index (χ1) is 14.3. The third-order valence-electron chi connectivity index (χ3n) is 6.82. The molecule has 0 fully saturated rings. The zero-order valence-corrected chi connectivity index (χ0v) is 18.9. The van der Waals surface area contributed by atoms with Crippen LogP contribution in [0.4, 0.5) is 0 Å². The van der Waals surface area contributed by atoms with E-state index in [9.17, 15) is 4.79 Å². The van der Waals surface area contributed by atoms with Gasteiger partial charge in [0.1, 0.15) is 11.4 Å². The maximum absolute atomic E-state index is 13.9. The van der Waals surface area contributed by atoms with E-state index in [0.717, 1.165) is 29.6 Å². The quantitative estimate of drug-likeness (QED) is 0.607. The molecular weight excluding hydrogens is 372 g/mol. The van der Waals surface area contributed by atoms with Crippen molar-refractivity contribution in [2.45, 2.75) is 46.6 Å². The third kappa shape index (κ3) is 2.92. The molecule has 0 spiro atoms. The van der Waals surface area contributed by atoms with Crippen molar-refractivity contribution >= 4 is 16.8 Å². The number of aryl methyl sites for hydroxylation is 1. The van der Waals surface area contributed by atoms with Crippen LogP contribution in [0, 0.1) is 18.8 Å². The molecule has 0 saturated heterocycles. The zero-order chi connectivity index (χ0) is 21.6. The molecule has 158 valence electrons. The molecule has 4 rings (SSSR count). The summed E-state index contributed by atoms with van der Waals surface area (Å²) in [5.74, 6) is 1.40. The molecular formula is C26H32N2O2. The summed E-state index contributed by atoms with van der Waals surface area (Å²) in [5.41, 5.74) is 5.14. The Morgan fingerprint density at radius 1 is 1.10 bits per heavy atom. The van der Waals surface area contributed by atoms with Crippen LogP contribution in [0.3, 0.4) is 0 Å². The smallest absolute Gasteiger partial charge is 0.271 e.